The van der Waals surface area contributed by atoms with Gasteiger partial charge < -0.3 is 15.4 Å². The van der Waals surface area contributed by atoms with Crippen LogP contribution >= 0.6 is 0 Å². The van der Waals surface area contributed by atoms with Gasteiger partial charge in [0.05, 0.1) is 17.9 Å². The summed E-state index contributed by atoms with van der Waals surface area (Å²) < 4.78 is 4.97. The normalized spacial score (nSPS) is 10.2. The van der Waals surface area contributed by atoms with E-state index < -0.39 is 5.97 Å². The fraction of sp³-hybridized carbons (Fsp3) is 0.136. The number of nitrogens with one attached hydrogen (secondary N) is 2. The van der Waals surface area contributed by atoms with Gasteiger partial charge in [0.25, 0.3) is 5.91 Å². The molecular weight excluding hydrogens is 354 g/mol. The minimum Gasteiger partial charge on any atom is -0.462 e. The number of amides is 1. The van der Waals surface area contributed by atoms with Gasteiger partial charge in [-0.3, -0.25) is 4.79 Å². The molecule has 3 aromatic rings. The maximum Gasteiger partial charge on any atom is 0.339 e. The Hall–Kier alpha value is -3.67. The largest absolute Gasteiger partial charge is 0.462 e. The summed E-state index contributed by atoms with van der Waals surface area (Å²) in [4.78, 5) is 28.5. The number of ether oxygens (including phenoxy) is 1. The number of esters is 1. The van der Waals surface area contributed by atoms with Crippen molar-refractivity contribution in [2.75, 3.05) is 17.2 Å². The van der Waals surface area contributed by atoms with Gasteiger partial charge in [-0.2, -0.15) is 0 Å². The van der Waals surface area contributed by atoms with Crippen LogP contribution in [0.1, 0.15) is 33.5 Å². The number of para-hydroxylation sites is 1. The monoisotopic (exact) mass is 375 g/mol. The van der Waals surface area contributed by atoms with Gasteiger partial charge in [0.1, 0.15) is 5.69 Å². The highest BCUT2D eigenvalue weighted by Gasteiger charge is 2.15. The Kier molecular flexibility index (Phi) is 6.01. The predicted molar refractivity (Wildman–Crippen MR) is 109 cm³/mol. The number of rotatable bonds is 6. The van der Waals surface area contributed by atoms with Gasteiger partial charge in [-0.05, 0) is 62.4 Å². The van der Waals surface area contributed by atoms with E-state index in [0.29, 0.717) is 16.9 Å². The molecule has 3 rings (SSSR count). The lowest BCUT2D eigenvalue weighted by atomic mass is 10.2. The standard InChI is InChI=1S/C22H21N3O3/c1-3-28-22(27)19-13-14-20(23-15(19)2)21(26)25-18-11-9-17(10-12-18)24-16-7-5-4-6-8-16/h4-14,24H,3H2,1-2H3,(H,25,26). The smallest absolute Gasteiger partial charge is 0.339 e. The zero-order chi connectivity index (χ0) is 19.9. The quantitative estimate of drug-likeness (QED) is 0.617. The molecule has 0 saturated heterocycles. The molecule has 1 amide bonds. The summed E-state index contributed by atoms with van der Waals surface area (Å²) >= 11 is 0. The molecule has 1 heterocycles. The maximum atomic E-state index is 12.4. The van der Waals surface area contributed by atoms with Crippen molar-refractivity contribution < 1.29 is 14.3 Å². The minimum absolute atomic E-state index is 0.233. The van der Waals surface area contributed by atoms with E-state index >= 15 is 0 Å². The molecule has 0 atom stereocenters. The third-order valence-corrected chi connectivity index (χ3v) is 4.02. The molecule has 0 aliphatic carbocycles. The van der Waals surface area contributed by atoms with Crippen LogP contribution in [0.5, 0.6) is 0 Å². The number of aryl methyl sites for hydroxylation is 1. The lowest BCUT2D eigenvalue weighted by Crippen LogP contribution is -2.16. The maximum absolute atomic E-state index is 12.4. The van der Waals surface area contributed by atoms with E-state index in [4.69, 9.17) is 4.74 Å². The lowest BCUT2D eigenvalue weighted by molar-refractivity contribution is 0.0524. The molecule has 28 heavy (non-hydrogen) atoms. The number of hydrogen-bond acceptors (Lipinski definition) is 5. The molecule has 0 bridgehead atoms. The number of nitrogens with zero attached hydrogens (tertiary/aromatic N) is 1. The number of aromatic nitrogens is 1. The molecule has 6 heteroatoms. The molecule has 2 aromatic carbocycles. The Morgan fingerprint density at radius 3 is 2.18 bits per heavy atom. The molecule has 142 valence electrons. The second-order valence-electron chi connectivity index (χ2n) is 6.07. The number of carbonyl (C=O) groups is 2. The van der Waals surface area contributed by atoms with Crippen molar-refractivity contribution in [1.29, 1.82) is 0 Å². The van der Waals surface area contributed by atoms with Gasteiger partial charge in [-0.15, -0.1) is 0 Å². The summed E-state index contributed by atoms with van der Waals surface area (Å²) in [6, 6.07) is 20.3. The number of pyridine rings is 1. The Bertz CT molecular complexity index is 970. The Morgan fingerprint density at radius 2 is 1.54 bits per heavy atom. The molecule has 2 N–H and O–H groups in total. The van der Waals surface area contributed by atoms with Crippen molar-refractivity contribution in [3.8, 4) is 0 Å². The van der Waals surface area contributed by atoms with E-state index in [1.54, 1.807) is 19.9 Å². The Morgan fingerprint density at radius 1 is 0.893 bits per heavy atom. The zero-order valence-corrected chi connectivity index (χ0v) is 15.7. The van der Waals surface area contributed by atoms with E-state index in [2.05, 4.69) is 15.6 Å². The highest BCUT2D eigenvalue weighted by molar-refractivity contribution is 6.03. The molecule has 0 unspecified atom stereocenters. The zero-order valence-electron chi connectivity index (χ0n) is 15.7. The molecule has 1 aromatic heterocycles. The molecule has 6 nitrogen and oxygen atoms in total. The van der Waals surface area contributed by atoms with Crippen LogP contribution in [0.15, 0.2) is 66.7 Å². The van der Waals surface area contributed by atoms with Crippen LogP contribution in [0.25, 0.3) is 0 Å². The van der Waals surface area contributed by atoms with Gasteiger partial charge in [0, 0.05) is 17.1 Å². The van der Waals surface area contributed by atoms with Crippen molar-refractivity contribution in [2.45, 2.75) is 13.8 Å². The predicted octanol–water partition coefficient (Wildman–Crippen LogP) is 4.56. The average molecular weight is 375 g/mol. The molecule has 0 fully saturated rings. The minimum atomic E-state index is -0.444. The van der Waals surface area contributed by atoms with E-state index in [9.17, 15) is 9.59 Å². The molecule has 0 aliphatic rings. The molecule has 0 radical (unpaired) electrons. The summed E-state index contributed by atoms with van der Waals surface area (Å²) in [5.74, 6) is -0.789. The second-order valence-corrected chi connectivity index (χ2v) is 6.07. The second kappa shape index (κ2) is 8.81. The third kappa shape index (κ3) is 4.73. The topological polar surface area (TPSA) is 80.3 Å². The van der Waals surface area contributed by atoms with Crippen molar-refractivity contribution in [1.82, 2.24) is 4.98 Å². The Labute approximate surface area is 163 Å². The fourth-order valence-corrected chi connectivity index (χ4v) is 2.63. The van der Waals surface area contributed by atoms with Crippen LogP contribution in [0.3, 0.4) is 0 Å². The Balaban J connectivity index is 1.66. The summed E-state index contributed by atoms with van der Waals surface area (Å²) in [5.41, 5.74) is 3.59. The SMILES string of the molecule is CCOC(=O)c1ccc(C(=O)Nc2ccc(Nc3ccccc3)cc2)nc1C. The van der Waals surface area contributed by atoms with Gasteiger partial charge in [-0.1, -0.05) is 18.2 Å². The first-order chi connectivity index (χ1) is 13.6. The van der Waals surface area contributed by atoms with Crippen molar-refractivity contribution in [2.24, 2.45) is 0 Å². The first-order valence-electron chi connectivity index (χ1n) is 8.95. The fourth-order valence-electron chi connectivity index (χ4n) is 2.63. The summed E-state index contributed by atoms with van der Waals surface area (Å²) in [7, 11) is 0. The van der Waals surface area contributed by atoms with E-state index in [1.807, 2.05) is 54.6 Å². The van der Waals surface area contributed by atoms with Crippen LogP contribution in [0.4, 0.5) is 17.1 Å². The van der Waals surface area contributed by atoms with E-state index in [0.717, 1.165) is 11.4 Å². The van der Waals surface area contributed by atoms with Crippen molar-refractivity contribution in [3.63, 3.8) is 0 Å². The van der Waals surface area contributed by atoms with Gasteiger partial charge in [-0.25, -0.2) is 9.78 Å². The number of anilines is 3. The first kappa shape index (κ1) is 19.1. The number of hydrogen-bond donors (Lipinski definition) is 2. The molecule has 0 spiro atoms. The number of benzene rings is 2. The summed E-state index contributed by atoms with van der Waals surface area (Å²) in [6.45, 7) is 3.70. The van der Waals surface area contributed by atoms with Crippen LogP contribution in [0, 0.1) is 6.92 Å². The van der Waals surface area contributed by atoms with E-state index in [1.165, 1.54) is 6.07 Å². The van der Waals surface area contributed by atoms with Gasteiger partial charge in [0.2, 0.25) is 0 Å². The molecular formula is C22H21N3O3. The highest BCUT2D eigenvalue weighted by atomic mass is 16.5. The summed E-state index contributed by atoms with van der Waals surface area (Å²) in [6.07, 6.45) is 0. The van der Waals surface area contributed by atoms with Gasteiger partial charge >= 0.3 is 5.97 Å². The molecule has 0 saturated carbocycles. The summed E-state index contributed by atoms with van der Waals surface area (Å²) in [5, 5.41) is 6.09. The average Bonchev–Trinajstić information content (AvgIpc) is 2.70. The highest BCUT2D eigenvalue weighted by Crippen LogP contribution is 2.19. The first-order valence-corrected chi connectivity index (χ1v) is 8.95. The van der Waals surface area contributed by atoms with E-state index in [-0.39, 0.29) is 18.2 Å². The van der Waals surface area contributed by atoms with Gasteiger partial charge in [0.15, 0.2) is 0 Å². The molecule has 0 aliphatic heterocycles. The van der Waals surface area contributed by atoms with Crippen molar-refractivity contribution in [3.05, 3.63) is 83.7 Å². The third-order valence-electron chi connectivity index (χ3n) is 4.02. The van der Waals surface area contributed by atoms with Crippen LogP contribution in [0.2, 0.25) is 0 Å². The van der Waals surface area contributed by atoms with Crippen LogP contribution in [-0.2, 0) is 4.74 Å². The number of carbonyl (C=O) groups excluding carboxylic acids is 2. The van der Waals surface area contributed by atoms with Crippen LogP contribution < -0.4 is 10.6 Å². The lowest BCUT2D eigenvalue weighted by Gasteiger charge is -2.10. The van der Waals surface area contributed by atoms with Crippen LogP contribution in [-0.4, -0.2) is 23.5 Å². The van der Waals surface area contributed by atoms with Crippen molar-refractivity contribution >= 4 is 28.9 Å².